The van der Waals surface area contributed by atoms with Crippen molar-refractivity contribution in [2.75, 3.05) is 0 Å². The number of aromatic amines is 2. The summed E-state index contributed by atoms with van der Waals surface area (Å²) < 4.78 is 0. The maximum Gasteiger partial charge on any atom is 0.265 e. The van der Waals surface area contributed by atoms with Gasteiger partial charge in [-0.25, -0.2) is 4.98 Å². The predicted octanol–water partition coefficient (Wildman–Crippen LogP) is 5.16. The van der Waals surface area contributed by atoms with Gasteiger partial charge in [-0.15, -0.1) is 5.92 Å². The number of hydrogen-bond acceptors (Lipinski definition) is 3. The average molecular weight is 411 g/mol. The van der Waals surface area contributed by atoms with Gasteiger partial charge in [-0.2, -0.15) is 5.10 Å². The number of nitrogens with one attached hydrogen (secondary N) is 2. The van der Waals surface area contributed by atoms with Gasteiger partial charge < -0.3 is 4.98 Å². The van der Waals surface area contributed by atoms with Gasteiger partial charge in [0.05, 0.1) is 28.0 Å². The molecule has 2 aromatic carbocycles. The van der Waals surface area contributed by atoms with Crippen LogP contribution in [-0.4, -0.2) is 20.2 Å². The van der Waals surface area contributed by atoms with Crippen molar-refractivity contribution in [1.29, 1.82) is 0 Å². The number of fused-ring (bicyclic) bond motifs is 2. The summed E-state index contributed by atoms with van der Waals surface area (Å²) in [7, 11) is 0. The molecule has 6 heteroatoms. The van der Waals surface area contributed by atoms with Crippen LogP contribution in [0.25, 0.3) is 44.3 Å². The topological polar surface area (TPSA) is 74.4 Å². The molecule has 0 bridgehead atoms. The summed E-state index contributed by atoms with van der Waals surface area (Å²) in [5.74, 6) is 5.63. The molecule has 0 aliphatic rings. The van der Waals surface area contributed by atoms with Crippen LogP contribution in [0.15, 0.2) is 65.6 Å². The van der Waals surface area contributed by atoms with E-state index < -0.39 is 0 Å². The Morgan fingerprint density at radius 1 is 1.00 bits per heavy atom. The first kappa shape index (κ1) is 18.2. The van der Waals surface area contributed by atoms with E-state index in [2.05, 4.69) is 27.0 Å². The van der Waals surface area contributed by atoms with Crippen molar-refractivity contribution in [2.24, 2.45) is 0 Å². The fourth-order valence-electron chi connectivity index (χ4n) is 3.57. The summed E-state index contributed by atoms with van der Waals surface area (Å²) in [5.41, 5.74) is 4.98. The molecule has 3 aromatic heterocycles. The van der Waals surface area contributed by atoms with Crippen LogP contribution < -0.4 is 5.56 Å². The largest absolute Gasteiger partial charge is 0.305 e. The molecule has 2 N–H and O–H groups in total. The van der Waals surface area contributed by atoms with Gasteiger partial charge >= 0.3 is 0 Å². The Balaban J connectivity index is 1.85. The Labute approximate surface area is 176 Å². The lowest BCUT2D eigenvalue weighted by molar-refractivity contribution is 1.12. The molecule has 5 nitrogen and oxygen atoms in total. The van der Waals surface area contributed by atoms with Gasteiger partial charge in [0.1, 0.15) is 5.65 Å². The van der Waals surface area contributed by atoms with Gasteiger partial charge in [-0.1, -0.05) is 47.9 Å². The van der Waals surface area contributed by atoms with Crippen molar-refractivity contribution in [2.45, 2.75) is 6.92 Å². The van der Waals surface area contributed by atoms with E-state index in [1.165, 1.54) is 0 Å². The van der Waals surface area contributed by atoms with Crippen LogP contribution in [0.2, 0.25) is 5.02 Å². The lowest BCUT2D eigenvalue weighted by Gasteiger charge is -2.12. The molecule has 0 spiro atoms. The van der Waals surface area contributed by atoms with E-state index in [9.17, 15) is 4.79 Å². The van der Waals surface area contributed by atoms with Crippen LogP contribution >= 0.6 is 11.6 Å². The third-order valence-electron chi connectivity index (χ3n) is 4.95. The molecule has 0 aliphatic carbocycles. The monoisotopic (exact) mass is 410 g/mol. The van der Waals surface area contributed by atoms with Gasteiger partial charge in [0.25, 0.3) is 5.56 Å². The lowest BCUT2D eigenvalue weighted by atomic mass is 9.97. The SMILES string of the molecule is CC#Cc1cc2cc(-c3cc(Cl)c4[nH]ncc4c3)c(-c3ccccc3)nc2[nH]c1=O. The Morgan fingerprint density at radius 3 is 2.63 bits per heavy atom. The maximum atomic E-state index is 12.4. The summed E-state index contributed by atoms with van der Waals surface area (Å²) in [6.45, 7) is 1.70. The Morgan fingerprint density at radius 2 is 1.83 bits per heavy atom. The Bertz CT molecular complexity index is 1540. The number of nitrogens with zero attached hydrogens (tertiary/aromatic N) is 2. The van der Waals surface area contributed by atoms with Gasteiger partial charge in [-0.05, 0) is 36.8 Å². The minimum Gasteiger partial charge on any atom is -0.305 e. The first-order valence-corrected chi connectivity index (χ1v) is 9.71. The Hall–Kier alpha value is -3.88. The van der Waals surface area contributed by atoms with Crippen LogP contribution in [-0.2, 0) is 0 Å². The molecule has 0 saturated carbocycles. The predicted molar refractivity (Wildman–Crippen MR) is 120 cm³/mol. The molecule has 0 aliphatic heterocycles. The second-order valence-corrected chi connectivity index (χ2v) is 7.28. The van der Waals surface area contributed by atoms with Gasteiger partial charge in [-0.3, -0.25) is 9.89 Å². The van der Waals surface area contributed by atoms with E-state index in [-0.39, 0.29) is 5.56 Å². The number of H-pyrrole nitrogens is 2. The van der Waals surface area contributed by atoms with E-state index in [4.69, 9.17) is 16.6 Å². The van der Waals surface area contributed by atoms with E-state index in [0.717, 1.165) is 38.7 Å². The van der Waals surface area contributed by atoms with Crippen molar-refractivity contribution < 1.29 is 0 Å². The second-order valence-electron chi connectivity index (χ2n) is 6.87. The zero-order valence-electron chi connectivity index (χ0n) is 16.0. The summed E-state index contributed by atoms with van der Waals surface area (Å²) in [6.07, 6.45) is 1.74. The molecule has 0 amide bonds. The summed E-state index contributed by atoms with van der Waals surface area (Å²) in [5, 5.41) is 9.30. The molecule has 30 heavy (non-hydrogen) atoms. The fraction of sp³-hybridized carbons (Fsp3) is 0.0417. The fourth-order valence-corrected chi connectivity index (χ4v) is 3.84. The number of halogens is 1. The smallest absolute Gasteiger partial charge is 0.265 e. The molecular weight excluding hydrogens is 396 g/mol. The molecule has 5 aromatic rings. The van der Waals surface area contributed by atoms with Crippen molar-refractivity contribution in [3.63, 3.8) is 0 Å². The number of rotatable bonds is 2. The van der Waals surface area contributed by atoms with Gasteiger partial charge in [0, 0.05) is 21.9 Å². The highest BCUT2D eigenvalue weighted by molar-refractivity contribution is 6.35. The summed E-state index contributed by atoms with van der Waals surface area (Å²) >= 11 is 6.50. The third kappa shape index (κ3) is 3.04. The molecular formula is C24H15ClN4O. The third-order valence-corrected chi connectivity index (χ3v) is 5.25. The molecule has 3 heterocycles. The highest BCUT2D eigenvalue weighted by Crippen LogP contribution is 2.36. The molecule has 0 fully saturated rings. The normalized spacial score (nSPS) is 10.9. The van der Waals surface area contributed by atoms with Crippen LogP contribution in [0.1, 0.15) is 12.5 Å². The first-order chi connectivity index (χ1) is 14.6. The minimum atomic E-state index is -0.251. The van der Waals surface area contributed by atoms with Crippen molar-refractivity contribution >= 4 is 33.5 Å². The van der Waals surface area contributed by atoms with E-state index in [1.807, 2.05) is 48.5 Å². The summed E-state index contributed by atoms with van der Waals surface area (Å²) in [6, 6.07) is 17.6. The second kappa shape index (κ2) is 7.18. The first-order valence-electron chi connectivity index (χ1n) is 9.33. The average Bonchev–Trinajstić information content (AvgIpc) is 3.24. The molecule has 5 rings (SSSR count). The minimum absolute atomic E-state index is 0.251. The van der Waals surface area contributed by atoms with Gasteiger partial charge in [0.2, 0.25) is 0 Å². The van der Waals surface area contributed by atoms with Crippen LogP contribution in [0.4, 0.5) is 0 Å². The van der Waals surface area contributed by atoms with E-state index >= 15 is 0 Å². The summed E-state index contributed by atoms with van der Waals surface area (Å²) in [4.78, 5) is 20.0. The molecule has 0 saturated heterocycles. The molecule has 144 valence electrons. The number of aromatic nitrogens is 4. The molecule has 0 radical (unpaired) electrons. The van der Waals surface area contributed by atoms with Crippen LogP contribution in [0, 0.1) is 11.8 Å². The number of pyridine rings is 2. The quantitative estimate of drug-likeness (QED) is 0.395. The zero-order valence-corrected chi connectivity index (χ0v) is 16.7. The van der Waals surface area contributed by atoms with Crippen LogP contribution in [0.5, 0.6) is 0 Å². The highest BCUT2D eigenvalue weighted by Gasteiger charge is 2.15. The molecule has 0 atom stereocenters. The number of hydrogen-bond donors (Lipinski definition) is 2. The lowest BCUT2D eigenvalue weighted by Crippen LogP contribution is -2.10. The van der Waals surface area contributed by atoms with Crippen LogP contribution in [0.3, 0.4) is 0 Å². The molecule has 0 unspecified atom stereocenters. The Kier molecular flexibility index (Phi) is 4.35. The standard InChI is InChI=1S/C24H15ClN4O/c1-2-6-15-9-17-11-19(16-10-18-13-26-29-22(18)20(25)12-16)21(14-7-4-3-5-8-14)27-23(17)28-24(15)30/h3-5,7-13H,1H3,(H,26,29)(H,27,28,30). The van der Waals surface area contributed by atoms with Crippen molar-refractivity contribution in [3.8, 4) is 34.2 Å². The van der Waals surface area contributed by atoms with E-state index in [0.29, 0.717) is 16.2 Å². The van der Waals surface area contributed by atoms with Gasteiger partial charge in [0.15, 0.2) is 0 Å². The maximum absolute atomic E-state index is 12.4. The van der Waals surface area contributed by atoms with Crippen molar-refractivity contribution in [3.05, 3.63) is 81.7 Å². The highest BCUT2D eigenvalue weighted by atomic mass is 35.5. The van der Waals surface area contributed by atoms with E-state index in [1.54, 1.807) is 19.2 Å². The zero-order chi connectivity index (χ0) is 20.7. The van der Waals surface area contributed by atoms with Crippen molar-refractivity contribution in [1.82, 2.24) is 20.2 Å². The number of benzene rings is 2.